The van der Waals surface area contributed by atoms with Crippen LogP contribution in [-0.4, -0.2) is 54.2 Å². The predicted octanol–water partition coefficient (Wildman–Crippen LogP) is 1.29. The number of nitrogens with one attached hydrogen (secondary N) is 2. The average molecular weight is 419 g/mol. The SMILES string of the molecule is CCOc1ccccc1OCC(=O)OCC(=O)NN1C(=O)NC2(CCCCC2)C1=O. The van der Waals surface area contributed by atoms with Gasteiger partial charge in [-0.1, -0.05) is 31.4 Å². The molecule has 4 amide bonds. The molecule has 2 N–H and O–H groups in total. The Hall–Kier alpha value is -3.30. The summed E-state index contributed by atoms with van der Waals surface area (Å²) in [6.07, 6.45) is 3.75. The van der Waals surface area contributed by atoms with Crippen LogP contribution < -0.4 is 20.2 Å². The largest absolute Gasteiger partial charge is 0.490 e. The van der Waals surface area contributed by atoms with Crippen molar-refractivity contribution in [3.05, 3.63) is 24.3 Å². The predicted molar refractivity (Wildman–Crippen MR) is 103 cm³/mol. The molecule has 1 spiro atoms. The van der Waals surface area contributed by atoms with Crippen molar-refractivity contribution in [1.29, 1.82) is 0 Å². The Morgan fingerprint density at radius 2 is 1.73 bits per heavy atom. The highest BCUT2D eigenvalue weighted by Gasteiger charge is 2.52. The molecule has 0 aromatic heterocycles. The number of nitrogens with zero attached hydrogens (tertiary/aromatic N) is 1. The number of carbonyl (C=O) groups is 4. The highest BCUT2D eigenvalue weighted by atomic mass is 16.6. The first-order valence-electron chi connectivity index (χ1n) is 9.91. The molecule has 1 saturated carbocycles. The van der Waals surface area contributed by atoms with E-state index in [0.717, 1.165) is 19.3 Å². The van der Waals surface area contributed by atoms with Gasteiger partial charge in [0, 0.05) is 0 Å². The third kappa shape index (κ3) is 4.81. The number of hydrogen-bond acceptors (Lipinski definition) is 7. The third-order valence-corrected chi connectivity index (χ3v) is 4.96. The van der Waals surface area contributed by atoms with Gasteiger partial charge in [-0.2, -0.15) is 5.01 Å². The molecule has 2 aliphatic rings. The van der Waals surface area contributed by atoms with Crippen molar-refractivity contribution in [1.82, 2.24) is 15.8 Å². The molecule has 10 nitrogen and oxygen atoms in total. The number of hydrogen-bond donors (Lipinski definition) is 2. The molecule has 10 heteroatoms. The van der Waals surface area contributed by atoms with Crippen molar-refractivity contribution in [3.8, 4) is 11.5 Å². The lowest BCUT2D eigenvalue weighted by Crippen LogP contribution is -2.51. The van der Waals surface area contributed by atoms with Crippen molar-refractivity contribution in [2.24, 2.45) is 0 Å². The molecule has 0 unspecified atom stereocenters. The third-order valence-electron chi connectivity index (χ3n) is 4.96. The van der Waals surface area contributed by atoms with Gasteiger partial charge in [0.1, 0.15) is 5.54 Å². The summed E-state index contributed by atoms with van der Waals surface area (Å²) in [5.41, 5.74) is 1.26. The standard InChI is InChI=1S/C20H25N3O7/c1-2-28-14-8-4-5-9-15(14)29-13-17(25)30-12-16(24)22-23-18(26)20(21-19(23)27)10-6-3-7-11-20/h4-5,8-9H,2-3,6-7,10-13H2,1H3,(H,21,27)(H,22,24). The molecule has 2 fully saturated rings. The van der Waals surface area contributed by atoms with E-state index in [1.54, 1.807) is 24.3 Å². The van der Waals surface area contributed by atoms with Crippen LogP contribution in [0.15, 0.2) is 24.3 Å². The fourth-order valence-corrected chi connectivity index (χ4v) is 3.54. The molecule has 1 aliphatic heterocycles. The first-order chi connectivity index (χ1) is 14.4. The molecule has 0 atom stereocenters. The maximum Gasteiger partial charge on any atom is 0.344 e. The Morgan fingerprint density at radius 3 is 2.40 bits per heavy atom. The number of benzene rings is 1. The number of amides is 4. The van der Waals surface area contributed by atoms with Crippen molar-refractivity contribution in [2.75, 3.05) is 19.8 Å². The van der Waals surface area contributed by atoms with Gasteiger partial charge in [0.2, 0.25) is 0 Å². The van der Waals surface area contributed by atoms with Gasteiger partial charge in [0.15, 0.2) is 24.7 Å². The highest BCUT2D eigenvalue weighted by Crippen LogP contribution is 2.33. The molecule has 30 heavy (non-hydrogen) atoms. The number of ether oxygens (including phenoxy) is 3. The summed E-state index contributed by atoms with van der Waals surface area (Å²) >= 11 is 0. The zero-order valence-corrected chi connectivity index (χ0v) is 16.8. The lowest BCUT2D eigenvalue weighted by molar-refractivity contribution is -0.152. The maximum absolute atomic E-state index is 12.6. The maximum atomic E-state index is 12.6. The Labute approximate surface area is 173 Å². The monoisotopic (exact) mass is 419 g/mol. The smallest absolute Gasteiger partial charge is 0.344 e. The van der Waals surface area contributed by atoms with Crippen LogP contribution in [0.3, 0.4) is 0 Å². The van der Waals surface area contributed by atoms with Gasteiger partial charge in [0.25, 0.3) is 11.8 Å². The highest BCUT2D eigenvalue weighted by molar-refractivity contribution is 6.08. The van der Waals surface area contributed by atoms with Crippen LogP contribution in [0, 0.1) is 0 Å². The first-order valence-corrected chi connectivity index (χ1v) is 9.91. The number of hydrazine groups is 1. The molecule has 1 aromatic carbocycles. The number of carbonyl (C=O) groups excluding carboxylic acids is 4. The van der Waals surface area contributed by atoms with Crippen LogP contribution in [0.25, 0.3) is 0 Å². The van der Waals surface area contributed by atoms with Crippen LogP contribution in [0.1, 0.15) is 39.0 Å². The minimum atomic E-state index is -0.943. The van der Waals surface area contributed by atoms with Crippen LogP contribution in [0.5, 0.6) is 11.5 Å². The Balaban J connectivity index is 1.45. The van der Waals surface area contributed by atoms with E-state index in [-0.39, 0.29) is 0 Å². The van der Waals surface area contributed by atoms with Gasteiger partial charge in [-0.3, -0.25) is 15.0 Å². The second-order valence-corrected chi connectivity index (χ2v) is 7.08. The molecule has 162 valence electrons. The van der Waals surface area contributed by atoms with Crippen molar-refractivity contribution >= 4 is 23.8 Å². The topological polar surface area (TPSA) is 123 Å². The van der Waals surface area contributed by atoms with E-state index < -0.39 is 42.6 Å². The molecular formula is C20H25N3O7. The van der Waals surface area contributed by atoms with Crippen molar-refractivity contribution in [2.45, 2.75) is 44.6 Å². The second-order valence-electron chi connectivity index (χ2n) is 7.08. The van der Waals surface area contributed by atoms with Gasteiger partial charge in [-0.05, 0) is 31.9 Å². The van der Waals surface area contributed by atoms with Gasteiger partial charge < -0.3 is 19.5 Å². The van der Waals surface area contributed by atoms with Gasteiger partial charge in [0.05, 0.1) is 6.61 Å². The molecule has 0 radical (unpaired) electrons. The van der Waals surface area contributed by atoms with Crippen molar-refractivity contribution in [3.63, 3.8) is 0 Å². The first kappa shape index (κ1) is 21.4. The van der Waals surface area contributed by atoms with Crippen LogP contribution in [0.2, 0.25) is 0 Å². The fraction of sp³-hybridized carbons (Fsp3) is 0.500. The Kier molecular flexibility index (Phi) is 6.76. The Morgan fingerprint density at radius 1 is 1.07 bits per heavy atom. The number of urea groups is 1. The molecule has 1 aromatic rings. The number of esters is 1. The van der Waals surface area contributed by atoms with E-state index in [4.69, 9.17) is 14.2 Å². The molecule has 0 bridgehead atoms. The molecule has 1 saturated heterocycles. The van der Waals surface area contributed by atoms with E-state index in [1.807, 2.05) is 6.92 Å². The second kappa shape index (κ2) is 9.47. The van der Waals surface area contributed by atoms with Gasteiger partial charge in [-0.15, -0.1) is 0 Å². The summed E-state index contributed by atoms with van der Waals surface area (Å²) < 4.78 is 15.6. The van der Waals surface area contributed by atoms with Crippen LogP contribution in [-0.2, 0) is 19.1 Å². The summed E-state index contributed by atoms with van der Waals surface area (Å²) in [5, 5.41) is 3.34. The van der Waals surface area contributed by atoms with Crippen LogP contribution >= 0.6 is 0 Å². The van der Waals surface area contributed by atoms with E-state index >= 15 is 0 Å². The minimum Gasteiger partial charge on any atom is -0.490 e. The van der Waals surface area contributed by atoms with E-state index in [1.165, 1.54) is 0 Å². The van der Waals surface area contributed by atoms with E-state index in [2.05, 4.69) is 10.7 Å². The number of imide groups is 1. The lowest BCUT2D eigenvalue weighted by atomic mass is 9.82. The minimum absolute atomic E-state index is 0.373. The summed E-state index contributed by atoms with van der Waals surface area (Å²) in [6, 6.07) is 6.16. The van der Waals surface area contributed by atoms with Gasteiger partial charge in [-0.25, -0.2) is 9.59 Å². The molecule has 1 aliphatic carbocycles. The van der Waals surface area contributed by atoms with E-state index in [9.17, 15) is 19.2 Å². The molecule has 1 heterocycles. The summed E-state index contributed by atoms with van der Waals surface area (Å²) in [4.78, 5) is 48.6. The average Bonchev–Trinajstić information content (AvgIpc) is 2.96. The lowest BCUT2D eigenvalue weighted by Gasteiger charge is -2.30. The molecular weight excluding hydrogens is 394 g/mol. The summed E-state index contributed by atoms with van der Waals surface area (Å²) in [7, 11) is 0. The summed E-state index contributed by atoms with van der Waals surface area (Å²) in [5.74, 6) is -1.20. The zero-order valence-electron chi connectivity index (χ0n) is 16.8. The molecule has 3 rings (SSSR count). The number of para-hydroxylation sites is 2. The summed E-state index contributed by atoms with van der Waals surface area (Å²) in [6.45, 7) is 1.18. The zero-order chi connectivity index (χ0) is 21.6. The fourth-order valence-electron chi connectivity index (χ4n) is 3.54. The quantitative estimate of drug-likeness (QED) is 0.481. The normalized spacial score (nSPS) is 17.4. The van der Waals surface area contributed by atoms with Crippen molar-refractivity contribution < 1.29 is 33.4 Å². The number of rotatable bonds is 8. The van der Waals surface area contributed by atoms with Crippen LogP contribution in [0.4, 0.5) is 4.79 Å². The Bertz CT molecular complexity index is 820. The van der Waals surface area contributed by atoms with Gasteiger partial charge >= 0.3 is 12.0 Å². The van der Waals surface area contributed by atoms with E-state index in [0.29, 0.717) is 36.0 Å².